The first-order valence-electron chi connectivity index (χ1n) is 8.91. The van der Waals surface area contributed by atoms with Gasteiger partial charge in [0.2, 0.25) is 5.95 Å². The Balaban J connectivity index is 1.96. The van der Waals surface area contributed by atoms with Gasteiger partial charge in [0.25, 0.3) is 0 Å². The summed E-state index contributed by atoms with van der Waals surface area (Å²) in [5.41, 5.74) is -0.154. The number of rotatable bonds is 6. The maximum absolute atomic E-state index is 13.5. The van der Waals surface area contributed by atoms with Crippen molar-refractivity contribution in [3.63, 3.8) is 0 Å². The first kappa shape index (κ1) is 21.0. The molecule has 0 aliphatic carbocycles. The van der Waals surface area contributed by atoms with Crippen LogP contribution in [-0.4, -0.2) is 23.1 Å². The van der Waals surface area contributed by atoms with Crippen LogP contribution >= 0.6 is 11.8 Å². The topological polar surface area (TPSA) is 38.2 Å². The monoisotopic (exact) mass is 419 g/mol. The molecule has 0 saturated heterocycles. The molecule has 0 saturated carbocycles. The molecule has 0 aliphatic rings. The molecule has 0 aliphatic heterocycles. The van der Waals surface area contributed by atoms with Crippen LogP contribution in [0.1, 0.15) is 19.4 Å². The molecule has 8 heteroatoms. The number of benzene rings is 2. The van der Waals surface area contributed by atoms with Crippen LogP contribution in [-0.2, 0) is 6.18 Å². The van der Waals surface area contributed by atoms with Crippen molar-refractivity contribution in [2.75, 3.05) is 11.9 Å². The van der Waals surface area contributed by atoms with Gasteiger partial charge in [0, 0.05) is 29.9 Å². The predicted molar refractivity (Wildman–Crippen MR) is 108 cm³/mol. The fourth-order valence-corrected chi connectivity index (χ4v) is 3.47. The maximum Gasteiger partial charge on any atom is 0.420 e. The van der Waals surface area contributed by atoms with Crippen molar-refractivity contribution in [1.29, 1.82) is 0 Å². The van der Waals surface area contributed by atoms with Gasteiger partial charge < -0.3 is 9.64 Å². The number of halogens is 3. The molecule has 29 heavy (non-hydrogen) atoms. The molecule has 3 rings (SSSR count). The van der Waals surface area contributed by atoms with Gasteiger partial charge in [-0.3, -0.25) is 0 Å². The summed E-state index contributed by atoms with van der Waals surface area (Å²) in [5.74, 6) is 0.827. The molecule has 2 aromatic carbocycles. The standard InChI is InChI=1S/C21H20F3N3OS/c1-14(2)28-16-9-7-8-15(12-16)27(3)20-25-13-18(21(22,23)24)19(26-20)29-17-10-5-4-6-11-17/h4-14H,1-3H3. The van der Waals surface area contributed by atoms with E-state index in [1.165, 1.54) is 0 Å². The van der Waals surface area contributed by atoms with E-state index in [1.54, 1.807) is 48.3 Å². The van der Waals surface area contributed by atoms with Crippen molar-refractivity contribution < 1.29 is 17.9 Å². The molecule has 0 N–H and O–H groups in total. The van der Waals surface area contributed by atoms with Gasteiger partial charge in [0.15, 0.2) is 0 Å². The van der Waals surface area contributed by atoms with Crippen LogP contribution in [0.5, 0.6) is 5.75 Å². The molecule has 0 amide bonds. The zero-order valence-corrected chi connectivity index (χ0v) is 17.0. The lowest BCUT2D eigenvalue weighted by Gasteiger charge is -2.20. The summed E-state index contributed by atoms with van der Waals surface area (Å²) < 4.78 is 46.1. The Bertz CT molecular complexity index is 965. The van der Waals surface area contributed by atoms with Gasteiger partial charge in [-0.2, -0.15) is 13.2 Å². The minimum absolute atomic E-state index is 0.00625. The van der Waals surface area contributed by atoms with E-state index >= 15 is 0 Å². The van der Waals surface area contributed by atoms with Crippen LogP contribution in [0.15, 0.2) is 70.7 Å². The summed E-state index contributed by atoms with van der Waals surface area (Å²) in [6, 6.07) is 16.1. The van der Waals surface area contributed by atoms with Crippen molar-refractivity contribution >= 4 is 23.4 Å². The summed E-state index contributed by atoms with van der Waals surface area (Å²) in [6.07, 6.45) is -3.70. The molecule has 0 unspecified atom stereocenters. The quantitative estimate of drug-likeness (QED) is 0.445. The van der Waals surface area contributed by atoms with Crippen LogP contribution in [0, 0.1) is 0 Å². The summed E-state index contributed by atoms with van der Waals surface area (Å²) >= 11 is 0.957. The van der Waals surface area contributed by atoms with Gasteiger partial charge in [-0.25, -0.2) is 9.97 Å². The largest absolute Gasteiger partial charge is 0.491 e. The fourth-order valence-electron chi connectivity index (χ4n) is 2.54. The minimum Gasteiger partial charge on any atom is -0.491 e. The van der Waals surface area contributed by atoms with E-state index in [-0.39, 0.29) is 17.1 Å². The summed E-state index contributed by atoms with van der Waals surface area (Å²) in [7, 11) is 1.70. The van der Waals surface area contributed by atoms with Gasteiger partial charge in [0.05, 0.1) is 6.10 Å². The number of anilines is 2. The maximum atomic E-state index is 13.5. The second-order valence-corrected chi connectivity index (χ2v) is 7.59. The van der Waals surface area contributed by atoms with Crippen LogP contribution in [0.25, 0.3) is 0 Å². The van der Waals surface area contributed by atoms with Crippen molar-refractivity contribution in [1.82, 2.24) is 9.97 Å². The molecule has 0 bridgehead atoms. The molecule has 1 aromatic heterocycles. The number of nitrogens with zero attached hydrogens (tertiary/aromatic N) is 3. The highest BCUT2D eigenvalue weighted by Gasteiger charge is 2.35. The van der Waals surface area contributed by atoms with Gasteiger partial charge in [-0.1, -0.05) is 36.0 Å². The van der Waals surface area contributed by atoms with E-state index in [4.69, 9.17) is 4.74 Å². The Kier molecular flexibility index (Phi) is 6.32. The molecular formula is C21H20F3N3OS. The smallest absolute Gasteiger partial charge is 0.420 e. The van der Waals surface area contributed by atoms with E-state index in [2.05, 4.69) is 9.97 Å². The summed E-state index contributed by atoms with van der Waals surface area (Å²) in [6.45, 7) is 3.84. The van der Waals surface area contributed by atoms with E-state index in [0.717, 1.165) is 18.0 Å². The highest BCUT2D eigenvalue weighted by Crippen LogP contribution is 2.39. The normalized spacial score (nSPS) is 11.6. The lowest BCUT2D eigenvalue weighted by atomic mass is 10.3. The van der Waals surface area contributed by atoms with Gasteiger partial charge in [0.1, 0.15) is 16.3 Å². The van der Waals surface area contributed by atoms with E-state index in [0.29, 0.717) is 16.3 Å². The Morgan fingerprint density at radius 2 is 1.76 bits per heavy atom. The first-order valence-corrected chi connectivity index (χ1v) is 9.73. The Morgan fingerprint density at radius 1 is 1.03 bits per heavy atom. The van der Waals surface area contributed by atoms with E-state index < -0.39 is 11.7 Å². The molecule has 4 nitrogen and oxygen atoms in total. The molecular weight excluding hydrogens is 399 g/mol. The highest BCUT2D eigenvalue weighted by molar-refractivity contribution is 7.99. The van der Waals surface area contributed by atoms with Crippen molar-refractivity contribution in [2.45, 2.75) is 36.0 Å². The molecule has 152 valence electrons. The Labute approximate surface area is 171 Å². The lowest BCUT2D eigenvalue weighted by Crippen LogP contribution is -2.16. The van der Waals surface area contributed by atoms with Gasteiger partial charge in [-0.15, -0.1) is 0 Å². The number of alkyl halides is 3. The minimum atomic E-state index is -4.54. The molecule has 1 heterocycles. The van der Waals surface area contributed by atoms with Crippen LogP contribution < -0.4 is 9.64 Å². The molecule has 0 spiro atoms. The third-order valence-corrected chi connectivity index (χ3v) is 4.89. The SMILES string of the molecule is CC(C)Oc1cccc(N(C)c2ncc(C(F)(F)F)c(Sc3ccccc3)n2)c1. The second kappa shape index (κ2) is 8.73. The first-order chi connectivity index (χ1) is 13.7. The third kappa shape index (κ3) is 5.41. The van der Waals surface area contributed by atoms with E-state index in [1.807, 2.05) is 32.0 Å². The highest BCUT2D eigenvalue weighted by atomic mass is 32.2. The second-order valence-electron chi connectivity index (χ2n) is 6.52. The zero-order chi connectivity index (χ0) is 21.0. The van der Waals surface area contributed by atoms with Crippen molar-refractivity contribution in [2.24, 2.45) is 0 Å². The van der Waals surface area contributed by atoms with Crippen LogP contribution in [0.3, 0.4) is 0 Å². The number of hydrogen-bond acceptors (Lipinski definition) is 5. The fraction of sp³-hybridized carbons (Fsp3) is 0.238. The molecule has 0 fully saturated rings. The molecule has 0 radical (unpaired) electrons. The van der Waals surface area contributed by atoms with Crippen LogP contribution in [0.2, 0.25) is 0 Å². The average molecular weight is 419 g/mol. The van der Waals surface area contributed by atoms with Gasteiger partial charge in [-0.05, 0) is 38.1 Å². The number of hydrogen-bond donors (Lipinski definition) is 0. The summed E-state index contributed by atoms with van der Waals surface area (Å²) in [4.78, 5) is 10.5. The van der Waals surface area contributed by atoms with Crippen molar-refractivity contribution in [3.8, 4) is 5.75 Å². The zero-order valence-electron chi connectivity index (χ0n) is 16.1. The third-order valence-electron chi connectivity index (χ3n) is 3.88. The summed E-state index contributed by atoms with van der Waals surface area (Å²) in [5, 5.41) is -0.143. The van der Waals surface area contributed by atoms with Crippen LogP contribution in [0.4, 0.5) is 24.8 Å². The average Bonchev–Trinajstić information content (AvgIpc) is 2.67. The Hall–Kier alpha value is -2.74. The Morgan fingerprint density at radius 3 is 2.41 bits per heavy atom. The number of aromatic nitrogens is 2. The molecule has 0 atom stereocenters. The lowest BCUT2D eigenvalue weighted by molar-refractivity contribution is -0.140. The van der Waals surface area contributed by atoms with Gasteiger partial charge >= 0.3 is 6.18 Å². The number of ether oxygens (including phenoxy) is 1. The van der Waals surface area contributed by atoms with Crippen molar-refractivity contribution in [3.05, 3.63) is 66.4 Å². The predicted octanol–water partition coefficient (Wildman–Crippen LogP) is 6.20. The van der Waals surface area contributed by atoms with E-state index in [9.17, 15) is 13.2 Å². The molecule has 3 aromatic rings.